The molecule has 2 amide bonds. The number of carbonyl (C=O) groups excluding carboxylic acids is 2. The van der Waals surface area contributed by atoms with Crippen molar-refractivity contribution in [3.05, 3.63) is 64.1 Å². The zero-order valence-corrected chi connectivity index (χ0v) is 23.0. The van der Waals surface area contributed by atoms with E-state index in [2.05, 4.69) is 5.32 Å². The third-order valence-corrected chi connectivity index (χ3v) is 8.19. The molecule has 1 saturated carbocycles. The van der Waals surface area contributed by atoms with Crippen LogP contribution in [0.25, 0.3) is 0 Å². The third kappa shape index (κ3) is 7.60. The van der Waals surface area contributed by atoms with E-state index in [1.807, 2.05) is 13.0 Å². The highest BCUT2D eigenvalue weighted by Gasteiger charge is 2.33. The molecule has 1 N–H and O–H groups in total. The number of hydrogen-bond donors (Lipinski definition) is 1. The van der Waals surface area contributed by atoms with Gasteiger partial charge in [0.15, 0.2) is 0 Å². The quantitative estimate of drug-likeness (QED) is 0.447. The van der Waals surface area contributed by atoms with Crippen LogP contribution in [0.15, 0.2) is 48.5 Å². The first-order valence-electron chi connectivity index (χ1n) is 12.2. The smallest absolute Gasteiger partial charge is 0.244 e. The van der Waals surface area contributed by atoms with Gasteiger partial charge in [0.2, 0.25) is 21.8 Å². The first kappa shape index (κ1) is 28.3. The zero-order valence-electron chi connectivity index (χ0n) is 20.6. The van der Waals surface area contributed by atoms with Crippen molar-refractivity contribution in [1.82, 2.24) is 10.2 Å². The molecule has 3 rings (SSSR count). The standard InChI is InChI=1S/C26H33Cl2N3O4S/c1-3-24(26(33)29-21-10-5-4-6-11-21)30(17-19-9-7-8-12-23(19)28)25(32)18-31(36(2,34)35)22-15-13-20(27)14-16-22/h7-9,12-16,21,24H,3-6,10-11,17-18H2,1-2H3,(H,29,33)/t24-/m1/s1. The predicted octanol–water partition coefficient (Wildman–Crippen LogP) is 5.02. The van der Waals surface area contributed by atoms with Crippen molar-refractivity contribution in [1.29, 1.82) is 0 Å². The lowest BCUT2D eigenvalue weighted by Crippen LogP contribution is -2.54. The molecule has 1 atom stereocenters. The molecule has 36 heavy (non-hydrogen) atoms. The van der Waals surface area contributed by atoms with Crippen LogP contribution in [-0.4, -0.2) is 50.0 Å². The van der Waals surface area contributed by atoms with Crippen molar-refractivity contribution >= 4 is 50.7 Å². The van der Waals surface area contributed by atoms with Crippen LogP contribution in [0.4, 0.5) is 5.69 Å². The van der Waals surface area contributed by atoms with Crippen LogP contribution < -0.4 is 9.62 Å². The van der Waals surface area contributed by atoms with Crippen molar-refractivity contribution in [2.75, 3.05) is 17.1 Å². The summed E-state index contributed by atoms with van der Waals surface area (Å²) in [4.78, 5) is 28.5. The number of hydrogen-bond acceptors (Lipinski definition) is 4. The number of carbonyl (C=O) groups is 2. The fourth-order valence-electron chi connectivity index (χ4n) is 4.50. The van der Waals surface area contributed by atoms with Crippen LogP contribution in [0.5, 0.6) is 0 Å². The number of rotatable bonds is 10. The summed E-state index contributed by atoms with van der Waals surface area (Å²) in [5.74, 6) is -0.733. The molecule has 10 heteroatoms. The molecule has 0 radical (unpaired) electrons. The predicted molar refractivity (Wildman–Crippen MR) is 145 cm³/mol. The van der Waals surface area contributed by atoms with Gasteiger partial charge in [0.05, 0.1) is 11.9 Å². The second-order valence-electron chi connectivity index (χ2n) is 9.13. The summed E-state index contributed by atoms with van der Waals surface area (Å²) in [6, 6.07) is 12.6. The minimum atomic E-state index is -3.80. The number of halogens is 2. The Morgan fingerprint density at radius 2 is 1.67 bits per heavy atom. The van der Waals surface area contributed by atoms with E-state index < -0.39 is 28.5 Å². The van der Waals surface area contributed by atoms with Crippen molar-refractivity contribution in [2.24, 2.45) is 0 Å². The molecule has 1 fully saturated rings. The molecule has 0 bridgehead atoms. The molecule has 0 aliphatic heterocycles. The first-order chi connectivity index (χ1) is 17.1. The van der Waals surface area contributed by atoms with Gasteiger partial charge in [0, 0.05) is 22.6 Å². The fraction of sp³-hybridized carbons (Fsp3) is 0.462. The normalized spacial score (nSPS) is 15.2. The molecule has 2 aromatic rings. The van der Waals surface area contributed by atoms with Crippen molar-refractivity contribution in [3.63, 3.8) is 0 Å². The topological polar surface area (TPSA) is 86.8 Å². The molecule has 1 aliphatic rings. The molecule has 0 aromatic heterocycles. The van der Waals surface area contributed by atoms with Crippen molar-refractivity contribution in [2.45, 2.75) is 64.1 Å². The van der Waals surface area contributed by atoms with Crippen LogP contribution >= 0.6 is 23.2 Å². The van der Waals surface area contributed by atoms with Crippen LogP contribution in [0.1, 0.15) is 51.0 Å². The first-order valence-corrected chi connectivity index (χ1v) is 14.8. The minimum Gasteiger partial charge on any atom is -0.352 e. The summed E-state index contributed by atoms with van der Waals surface area (Å²) in [6.07, 6.45) is 6.53. The Bertz CT molecular complexity index is 1150. The number of nitrogens with zero attached hydrogens (tertiary/aromatic N) is 2. The number of sulfonamides is 1. The van der Waals surface area contributed by atoms with E-state index in [0.717, 1.165) is 42.7 Å². The van der Waals surface area contributed by atoms with Gasteiger partial charge in [-0.3, -0.25) is 13.9 Å². The lowest BCUT2D eigenvalue weighted by atomic mass is 9.95. The van der Waals surface area contributed by atoms with Gasteiger partial charge in [0.25, 0.3) is 0 Å². The Morgan fingerprint density at radius 1 is 1.03 bits per heavy atom. The lowest BCUT2D eigenvalue weighted by molar-refractivity contribution is -0.140. The Hall–Kier alpha value is -2.29. The second-order valence-corrected chi connectivity index (χ2v) is 11.9. The maximum absolute atomic E-state index is 13.7. The highest BCUT2D eigenvalue weighted by atomic mass is 35.5. The van der Waals surface area contributed by atoms with Crippen molar-refractivity contribution < 1.29 is 18.0 Å². The van der Waals surface area contributed by atoms with Gasteiger partial charge in [-0.2, -0.15) is 0 Å². The van der Waals surface area contributed by atoms with Gasteiger partial charge in [0.1, 0.15) is 12.6 Å². The van der Waals surface area contributed by atoms with Crippen LogP contribution in [-0.2, 0) is 26.2 Å². The molecule has 1 aliphatic carbocycles. The van der Waals surface area contributed by atoms with Crippen LogP contribution in [0.3, 0.4) is 0 Å². The van der Waals surface area contributed by atoms with Gasteiger partial charge >= 0.3 is 0 Å². The molecule has 0 unspecified atom stereocenters. The van der Waals surface area contributed by atoms with Gasteiger partial charge in [-0.15, -0.1) is 0 Å². The van der Waals surface area contributed by atoms with E-state index in [1.165, 1.54) is 4.90 Å². The summed E-state index contributed by atoms with van der Waals surface area (Å²) in [6.45, 7) is 1.46. The van der Waals surface area contributed by atoms with E-state index >= 15 is 0 Å². The van der Waals surface area contributed by atoms with E-state index in [1.54, 1.807) is 42.5 Å². The highest BCUT2D eigenvalue weighted by Crippen LogP contribution is 2.24. The Labute approximate surface area is 223 Å². The summed E-state index contributed by atoms with van der Waals surface area (Å²) < 4.78 is 26.3. The molecule has 0 saturated heterocycles. The summed E-state index contributed by atoms with van der Waals surface area (Å²) in [5.41, 5.74) is 0.987. The Morgan fingerprint density at radius 3 is 2.25 bits per heavy atom. The van der Waals surface area contributed by atoms with Gasteiger partial charge in [-0.05, 0) is 55.2 Å². The Kier molecular flexibility index (Phi) is 10.0. The molecule has 2 aromatic carbocycles. The summed E-state index contributed by atoms with van der Waals surface area (Å²) in [5, 5.41) is 4.03. The molecule has 0 spiro atoms. The van der Waals surface area contributed by atoms with E-state index in [0.29, 0.717) is 27.7 Å². The van der Waals surface area contributed by atoms with Gasteiger partial charge in [-0.1, -0.05) is 67.6 Å². The number of amides is 2. The second kappa shape index (κ2) is 12.8. The number of nitrogens with one attached hydrogen (secondary N) is 1. The fourth-order valence-corrected chi connectivity index (χ4v) is 5.67. The maximum Gasteiger partial charge on any atom is 0.244 e. The van der Waals surface area contributed by atoms with Crippen LogP contribution in [0, 0.1) is 0 Å². The van der Waals surface area contributed by atoms with Crippen molar-refractivity contribution in [3.8, 4) is 0 Å². The Balaban J connectivity index is 1.91. The molecule has 7 nitrogen and oxygen atoms in total. The highest BCUT2D eigenvalue weighted by molar-refractivity contribution is 7.92. The summed E-state index contributed by atoms with van der Waals surface area (Å²) in [7, 11) is -3.80. The van der Waals surface area contributed by atoms with E-state index in [4.69, 9.17) is 23.2 Å². The maximum atomic E-state index is 13.7. The monoisotopic (exact) mass is 553 g/mol. The third-order valence-electron chi connectivity index (χ3n) is 6.43. The van der Waals surface area contributed by atoms with E-state index in [-0.39, 0.29) is 18.5 Å². The molecular formula is C26H33Cl2N3O4S. The molecular weight excluding hydrogens is 521 g/mol. The summed E-state index contributed by atoms with van der Waals surface area (Å²) >= 11 is 12.4. The molecule has 196 valence electrons. The average molecular weight is 555 g/mol. The molecule has 0 heterocycles. The zero-order chi connectivity index (χ0) is 26.3. The largest absolute Gasteiger partial charge is 0.352 e. The van der Waals surface area contributed by atoms with Crippen LogP contribution in [0.2, 0.25) is 10.0 Å². The SMILES string of the molecule is CC[C@H](C(=O)NC1CCCCC1)N(Cc1ccccc1Cl)C(=O)CN(c1ccc(Cl)cc1)S(C)(=O)=O. The number of anilines is 1. The van der Waals surface area contributed by atoms with Gasteiger partial charge < -0.3 is 10.2 Å². The number of benzene rings is 2. The lowest BCUT2D eigenvalue weighted by Gasteiger charge is -2.34. The van der Waals surface area contributed by atoms with Gasteiger partial charge in [-0.25, -0.2) is 8.42 Å². The van der Waals surface area contributed by atoms with E-state index in [9.17, 15) is 18.0 Å². The average Bonchev–Trinajstić information content (AvgIpc) is 2.84. The minimum absolute atomic E-state index is 0.0767.